The van der Waals surface area contributed by atoms with Crippen molar-refractivity contribution in [2.24, 2.45) is 0 Å². The standard InChI is InChI=1S/C15H21NO5S/c1-20-12-4-5-13(21-2)11(9-12)3-6-14(17)16-7-8-22-10-15(18)19/h4-5,9H,3,6-8,10H2,1-2H3,(H,16,17)(H,18,19). The van der Waals surface area contributed by atoms with Gasteiger partial charge in [0, 0.05) is 18.7 Å². The summed E-state index contributed by atoms with van der Waals surface area (Å²) in [6.07, 6.45) is 0.890. The first-order valence-electron chi connectivity index (χ1n) is 6.84. The number of amides is 1. The van der Waals surface area contributed by atoms with Gasteiger partial charge in [-0.2, -0.15) is 0 Å². The molecule has 2 N–H and O–H groups in total. The normalized spacial score (nSPS) is 10.1. The van der Waals surface area contributed by atoms with Crippen LogP contribution in [0.25, 0.3) is 0 Å². The topological polar surface area (TPSA) is 84.9 Å². The molecule has 0 saturated heterocycles. The van der Waals surface area contributed by atoms with Gasteiger partial charge in [0.1, 0.15) is 11.5 Å². The minimum absolute atomic E-state index is 0.0525. The van der Waals surface area contributed by atoms with Crippen LogP contribution in [0.15, 0.2) is 18.2 Å². The van der Waals surface area contributed by atoms with Crippen LogP contribution in [0.5, 0.6) is 11.5 Å². The maximum Gasteiger partial charge on any atom is 0.313 e. The van der Waals surface area contributed by atoms with E-state index in [9.17, 15) is 9.59 Å². The maximum atomic E-state index is 11.8. The molecule has 0 spiro atoms. The van der Waals surface area contributed by atoms with Crippen LogP contribution in [0.3, 0.4) is 0 Å². The molecule has 0 atom stereocenters. The Bertz CT molecular complexity index is 507. The van der Waals surface area contributed by atoms with E-state index >= 15 is 0 Å². The predicted molar refractivity (Wildman–Crippen MR) is 85.8 cm³/mol. The Labute approximate surface area is 134 Å². The summed E-state index contributed by atoms with van der Waals surface area (Å²) in [7, 11) is 3.18. The zero-order valence-corrected chi connectivity index (χ0v) is 13.6. The van der Waals surface area contributed by atoms with Gasteiger partial charge in [-0.25, -0.2) is 0 Å². The third-order valence-corrected chi connectivity index (χ3v) is 3.85. The van der Waals surface area contributed by atoms with E-state index in [1.165, 1.54) is 11.8 Å². The number of carboxylic acids is 1. The molecule has 0 aliphatic heterocycles. The molecule has 1 amide bonds. The number of ether oxygens (including phenoxy) is 2. The first-order chi connectivity index (χ1) is 10.6. The lowest BCUT2D eigenvalue weighted by Crippen LogP contribution is -2.26. The van der Waals surface area contributed by atoms with Crippen LogP contribution in [0.2, 0.25) is 0 Å². The highest BCUT2D eigenvalue weighted by Crippen LogP contribution is 2.24. The molecule has 0 radical (unpaired) electrons. The van der Waals surface area contributed by atoms with Gasteiger partial charge in [0.15, 0.2) is 0 Å². The summed E-state index contributed by atoms with van der Waals surface area (Å²) in [5.74, 6) is 1.17. The molecule has 22 heavy (non-hydrogen) atoms. The van der Waals surface area contributed by atoms with Crippen molar-refractivity contribution in [3.63, 3.8) is 0 Å². The summed E-state index contributed by atoms with van der Waals surface area (Å²) in [5.41, 5.74) is 0.914. The van der Waals surface area contributed by atoms with E-state index < -0.39 is 5.97 Å². The Morgan fingerprint density at radius 2 is 2.05 bits per heavy atom. The van der Waals surface area contributed by atoms with E-state index in [1.54, 1.807) is 14.2 Å². The average molecular weight is 327 g/mol. The quantitative estimate of drug-likeness (QED) is 0.635. The van der Waals surface area contributed by atoms with E-state index in [2.05, 4.69) is 5.32 Å². The van der Waals surface area contributed by atoms with Crippen LogP contribution < -0.4 is 14.8 Å². The minimum Gasteiger partial charge on any atom is -0.497 e. The Morgan fingerprint density at radius 3 is 2.68 bits per heavy atom. The van der Waals surface area contributed by atoms with Crippen molar-refractivity contribution < 1.29 is 24.2 Å². The summed E-state index contributed by atoms with van der Waals surface area (Å²) < 4.78 is 10.4. The first-order valence-corrected chi connectivity index (χ1v) is 7.99. The third kappa shape index (κ3) is 6.71. The van der Waals surface area contributed by atoms with Crippen LogP contribution in [0.4, 0.5) is 0 Å². The summed E-state index contributed by atoms with van der Waals surface area (Å²) in [6.45, 7) is 0.464. The Balaban J connectivity index is 2.35. The molecule has 122 valence electrons. The monoisotopic (exact) mass is 327 g/mol. The average Bonchev–Trinajstić information content (AvgIpc) is 2.51. The van der Waals surface area contributed by atoms with Crippen molar-refractivity contribution in [3.8, 4) is 11.5 Å². The Kier molecular flexibility index (Phi) is 8.21. The number of hydrogen-bond donors (Lipinski definition) is 2. The highest BCUT2D eigenvalue weighted by atomic mass is 32.2. The summed E-state index contributed by atoms with van der Waals surface area (Å²) in [6, 6.07) is 5.48. The van der Waals surface area contributed by atoms with Crippen LogP contribution in [0, 0.1) is 0 Å². The molecule has 7 heteroatoms. The fourth-order valence-electron chi connectivity index (χ4n) is 1.84. The van der Waals surface area contributed by atoms with Crippen molar-refractivity contribution >= 4 is 23.6 Å². The Hall–Kier alpha value is -1.89. The van der Waals surface area contributed by atoms with Gasteiger partial charge in [0.2, 0.25) is 5.91 Å². The number of benzene rings is 1. The van der Waals surface area contributed by atoms with Gasteiger partial charge in [-0.05, 0) is 30.2 Å². The number of nitrogens with one attached hydrogen (secondary N) is 1. The predicted octanol–water partition coefficient (Wildman–Crippen LogP) is 1.57. The number of aliphatic carboxylic acids is 1. The molecule has 0 aliphatic rings. The lowest BCUT2D eigenvalue weighted by Gasteiger charge is -2.10. The smallest absolute Gasteiger partial charge is 0.313 e. The molecule has 0 saturated carbocycles. The number of rotatable bonds is 10. The fourth-order valence-corrected chi connectivity index (χ4v) is 2.40. The highest BCUT2D eigenvalue weighted by molar-refractivity contribution is 7.99. The summed E-state index contributed by atoms with van der Waals surface area (Å²) in [5, 5.41) is 11.3. The van der Waals surface area contributed by atoms with Crippen LogP contribution in [0.1, 0.15) is 12.0 Å². The summed E-state index contributed by atoms with van der Waals surface area (Å²) >= 11 is 1.28. The fraction of sp³-hybridized carbons (Fsp3) is 0.467. The van der Waals surface area contributed by atoms with Gasteiger partial charge >= 0.3 is 5.97 Å². The maximum absolute atomic E-state index is 11.8. The number of carboxylic acid groups (broad SMARTS) is 1. The van der Waals surface area contributed by atoms with E-state index in [1.807, 2.05) is 18.2 Å². The van der Waals surface area contributed by atoms with Crippen LogP contribution in [-0.2, 0) is 16.0 Å². The van der Waals surface area contributed by atoms with Crippen molar-refractivity contribution in [2.75, 3.05) is 32.3 Å². The van der Waals surface area contributed by atoms with Crippen LogP contribution in [-0.4, -0.2) is 49.3 Å². The number of carbonyl (C=O) groups excluding carboxylic acids is 1. The SMILES string of the molecule is COc1ccc(OC)c(CCC(=O)NCCSCC(=O)O)c1. The second kappa shape index (κ2) is 9.94. The molecular formula is C15H21NO5S. The van der Waals surface area contributed by atoms with Gasteiger partial charge in [0.05, 0.1) is 20.0 Å². The second-order valence-electron chi connectivity index (χ2n) is 4.47. The van der Waals surface area contributed by atoms with Crippen molar-refractivity contribution in [3.05, 3.63) is 23.8 Å². The van der Waals surface area contributed by atoms with Crippen molar-refractivity contribution in [1.82, 2.24) is 5.32 Å². The van der Waals surface area contributed by atoms with Gasteiger partial charge in [-0.1, -0.05) is 0 Å². The van der Waals surface area contributed by atoms with Crippen LogP contribution >= 0.6 is 11.8 Å². The molecule has 0 heterocycles. The molecule has 0 aliphatic carbocycles. The lowest BCUT2D eigenvalue weighted by molar-refractivity contribution is -0.133. The molecule has 1 aromatic rings. The number of methoxy groups -OCH3 is 2. The zero-order chi connectivity index (χ0) is 16.4. The Morgan fingerprint density at radius 1 is 1.27 bits per heavy atom. The molecular weight excluding hydrogens is 306 g/mol. The van der Waals surface area contributed by atoms with Gasteiger partial charge < -0.3 is 19.9 Å². The van der Waals surface area contributed by atoms with Crippen molar-refractivity contribution in [1.29, 1.82) is 0 Å². The highest BCUT2D eigenvalue weighted by Gasteiger charge is 2.08. The number of hydrogen-bond acceptors (Lipinski definition) is 5. The molecule has 0 unspecified atom stereocenters. The second-order valence-corrected chi connectivity index (χ2v) is 5.58. The van der Waals surface area contributed by atoms with E-state index in [0.29, 0.717) is 25.1 Å². The van der Waals surface area contributed by atoms with Gasteiger partial charge in [-0.3, -0.25) is 9.59 Å². The van der Waals surface area contributed by atoms with E-state index in [4.69, 9.17) is 14.6 Å². The van der Waals surface area contributed by atoms with Gasteiger partial charge in [0.25, 0.3) is 0 Å². The third-order valence-electron chi connectivity index (χ3n) is 2.90. The first kappa shape index (κ1) is 18.2. The number of carbonyl (C=O) groups is 2. The molecule has 0 fully saturated rings. The molecule has 6 nitrogen and oxygen atoms in total. The largest absolute Gasteiger partial charge is 0.497 e. The zero-order valence-electron chi connectivity index (χ0n) is 12.8. The van der Waals surface area contributed by atoms with Gasteiger partial charge in [-0.15, -0.1) is 11.8 Å². The number of thioether (sulfide) groups is 1. The van der Waals surface area contributed by atoms with E-state index in [-0.39, 0.29) is 11.7 Å². The molecule has 0 aromatic heterocycles. The van der Waals surface area contributed by atoms with E-state index in [0.717, 1.165) is 17.1 Å². The lowest BCUT2D eigenvalue weighted by atomic mass is 10.1. The van der Waals surface area contributed by atoms with Crippen molar-refractivity contribution in [2.45, 2.75) is 12.8 Å². The molecule has 1 aromatic carbocycles. The summed E-state index contributed by atoms with van der Waals surface area (Å²) in [4.78, 5) is 22.1. The number of aryl methyl sites for hydroxylation is 1. The molecule has 0 bridgehead atoms. The minimum atomic E-state index is -0.846. The molecule has 1 rings (SSSR count).